The first kappa shape index (κ1) is 22.0. The zero-order valence-corrected chi connectivity index (χ0v) is 16.6. The first-order valence-electron chi connectivity index (χ1n) is 8.74. The smallest absolute Gasteiger partial charge is 0.294 e. The third-order valence-electron chi connectivity index (χ3n) is 3.94. The minimum atomic E-state index is -0.981. The molecule has 3 N–H and O–H groups in total. The number of nitrogens with one attached hydrogen (secondary N) is 1. The molecule has 2 aromatic carbocycles. The highest BCUT2D eigenvalue weighted by Gasteiger charge is 2.36. The van der Waals surface area contributed by atoms with Crippen LogP contribution >= 0.6 is 11.8 Å². The third-order valence-corrected chi connectivity index (χ3v) is 4.85. The van der Waals surface area contributed by atoms with Gasteiger partial charge in [0.15, 0.2) is 6.61 Å². The summed E-state index contributed by atoms with van der Waals surface area (Å²) in [5.74, 6) is -3.51. The van der Waals surface area contributed by atoms with E-state index in [-0.39, 0.29) is 17.2 Å². The molecule has 1 aliphatic rings. The topological polar surface area (TPSA) is 119 Å². The van der Waals surface area contributed by atoms with Crippen LogP contribution < -0.4 is 15.8 Å². The van der Waals surface area contributed by atoms with Gasteiger partial charge in [-0.2, -0.15) is 0 Å². The number of benzene rings is 2. The molecular weight excluding hydrogens is 432 g/mol. The number of primary amides is 1. The fourth-order valence-corrected chi connectivity index (χ4v) is 3.36. The number of nitrogens with zero attached hydrogens (tertiary/aromatic N) is 1. The van der Waals surface area contributed by atoms with Gasteiger partial charge in [0.2, 0.25) is 5.91 Å². The van der Waals surface area contributed by atoms with Crippen molar-refractivity contribution in [3.8, 4) is 5.75 Å². The summed E-state index contributed by atoms with van der Waals surface area (Å²) in [5, 5.41) is 1.53. The SMILES string of the molecule is NC(=O)COc1ccc(C=C2SC(=O)N(CC(=O)Nc3ccc(F)cc3F)C2=O)cc1. The summed E-state index contributed by atoms with van der Waals surface area (Å²) < 4.78 is 31.7. The Morgan fingerprint density at radius 2 is 1.84 bits per heavy atom. The van der Waals surface area contributed by atoms with Crippen molar-refractivity contribution < 1.29 is 32.7 Å². The average molecular weight is 447 g/mol. The minimum Gasteiger partial charge on any atom is -0.484 e. The molecule has 2 aromatic rings. The summed E-state index contributed by atoms with van der Waals surface area (Å²) in [6, 6.07) is 8.93. The maximum Gasteiger partial charge on any atom is 0.294 e. The van der Waals surface area contributed by atoms with E-state index in [9.17, 15) is 28.0 Å². The van der Waals surface area contributed by atoms with Gasteiger partial charge < -0.3 is 15.8 Å². The van der Waals surface area contributed by atoms with Crippen LogP contribution in [-0.2, 0) is 14.4 Å². The molecule has 0 atom stereocenters. The van der Waals surface area contributed by atoms with E-state index in [1.54, 1.807) is 24.3 Å². The number of rotatable bonds is 7. The molecule has 1 aliphatic heterocycles. The number of nitrogens with two attached hydrogens (primary N) is 1. The lowest BCUT2D eigenvalue weighted by Crippen LogP contribution is -2.36. The number of amides is 4. The van der Waals surface area contributed by atoms with E-state index in [1.807, 2.05) is 0 Å². The van der Waals surface area contributed by atoms with Crippen LogP contribution in [0.5, 0.6) is 5.75 Å². The van der Waals surface area contributed by atoms with Gasteiger partial charge in [0.05, 0.1) is 10.6 Å². The molecule has 11 heteroatoms. The van der Waals surface area contributed by atoms with Crippen LogP contribution in [0, 0.1) is 11.6 Å². The van der Waals surface area contributed by atoms with Crippen LogP contribution in [0.4, 0.5) is 19.3 Å². The maximum atomic E-state index is 13.7. The molecule has 1 saturated heterocycles. The van der Waals surface area contributed by atoms with E-state index in [1.165, 1.54) is 6.08 Å². The maximum absolute atomic E-state index is 13.7. The largest absolute Gasteiger partial charge is 0.484 e. The summed E-state index contributed by atoms with van der Waals surface area (Å²) in [5.41, 5.74) is 5.31. The predicted molar refractivity (Wildman–Crippen MR) is 109 cm³/mol. The number of imide groups is 1. The second kappa shape index (κ2) is 9.39. The summed E-state index contributed by atoms with van der Waals surface area (Å²) in [7, 11) is 0. The van der Waals surface area contributed by atoms with E-state index in [0.717, 1.165) is 17.0 Å². The molecule has 1 heterocycles. The quantitative estimate of drug-likeness (QED) is 0.630. The highest BCUT2D eigenvalue weighted by molar-refractivity contribution is 8.18. The van der Waals surface area contributed by atoms with Crippen LogP contribution in [0.2, 0.25) is 0 Å². The van der Waals surface area contributed by atoms with Gasteiger partial charge in [0, 0.05) is 6.07 Å². The zero-order valence-electron chi connectivity index (χ0n) is 15.8. The predicted octanol–water partition coefficient (Wildman–Crippen LogP) is 2.50. The van der Waals surface area contributed by atoms with Crippen LogP contribution in [0.3, 0.4) is 0 Å². The van der Waals surface area contributed by atoms with Crippen molar-refractivity contribution in [2.45, 2.75) is 0 Å². The lowest BCUT2D eigenvalue weighted by Gasteiger charge is -2.12. The van der Waals surface area contributed by atoms with Crippen LogP contribution in [0.1, 0.15) is 5.56 Å². The average Bonchev–Trinajstić information content (AvgIpc) is 2.97. The molecule has 8 nitrogen and oxygen atoms in total. The van der Waals surface area contributed by atoms with Crippen LogP contribution in [0.15, 0.2) is 47.4 Å². The standard InChI is InChI=1S/C20H15F2N3O5S/c21-12-3-6-15(14(22)8-12)24-18(27)9-25-19(28)16(31-20(25)29)7-11-1-4-13(5-2-11)30-10-17(23)26/h1-8H,9-10H2,(H2,23,26)(H,24,27). The molecule has 0 unspecified atom stereocenters. The van der Waals surface area contributed by atoms with E-state index < -0.39 is 41.1 Å². The Labute approximate surface area is 179 Å². The van der Waals surface area contributed by atoms with Crippen LogP contribution in [0.25, 0.3) is 6.08 Å². The molecule has 4 amide bonds. The lowest BCUT2D eigenvalue weighted by atomic mass is 10.2. The third kappa shape index (κ3) is 5.66. The van der Waals surface area contributed by atoms with E-state index in [2.05, 4.69) is 5.32 Å². The van der Waals surface area contributed by atoms with Gasteiger partial charge in [-0.15, -0.1) is 0 Å². The highest BCUT2D eigenvalue weighted by Crippen LogP contribution is 2.32. The molecule has 160 valence electrons. The Bertz CT molecular complexity index is 1090. The highest BCUT2D eigenvalue weighted by atomic mass is 32.2. The molecule has 0 spiro atoms. The summed E-state index contributed by atoms with van der Waals surface area (Å²) in [4.78, 5) is 48.3. The van der Waals surface area contributed by atoms with Gasteiger partial charge in [-0.25, -0.2) is 8.78 Å². The number of carbonyl (C=O) groups excluding carboxylic acids is 4. The molecule has 0 bridgehead atoms. The van der Waals surface area contributed by atoms with Crippen molar-refractivity contribution in [2.24, 2.45) is 5.73 Å². The molecule has 0 aromatic heterocycles. The van der Waals surface area contributed by atoms with Gasteiger partial charge in [0.1, 0.15) is 23.9 Å². The van der Waals surface area contributed by atoms with Gasteiger partial charge >= 0.3 is 0 Å². The molecule has 0 aliphatic carbocycles. The fraction of sp³-hybridized carbons (Fsp3) is 0.100. The number of ether oxygens (including phenoxy) is 1. The summed E-state index contributed by atoms with van der Waals surface area (Å²) in [6.07, 6.45) is 1.46. The van der Waals surface area contributed by atoms with Crippen molar-refractivity contribution in [1.29, 1.82) is 0 Å². The molecule has 1 fully saturated rings. The zero-order chi connectivity index (χ0) is 22.5. The number of hydrogen-bond donors (Lipinski definition) is 2. The molecule has 31 heavy (non-hydrogen) atoms. The summed E-state index contributed by atoms with van der Waals surface area (Å²) >= 11 is 0.651. The van der Waals surface area contributed by atoms with Crippen molar-refractivity contribution >= 4 is 46.5 Å². The Morgan fingerprint density at radius 1 is 1.13 bits per heavy atom. The molecule has 0 radical (unpaired) electrons. The van der Waals surface area contributed by atoms with Gasteiger partial charge in [0.25, 0.3) is 17.1 Å². The molecule has 3 rings (SSSR count). The fourth-order valence-electron chi connectivity index (χ4n) is 2.53. The van der Waals surface area contributed by atoms with Gasteiger partial charge in [-0.05, 0) is 47.7 Å². The van der Waals surface area contributed by atoms with Crippen molar-refractivity contribution in [3.05, 3.63) is 64.6 Å². The van der Waals surface area contributed by atoms with Crippen molar-refractivity contribution in [3.63, 3.8) is 0 Å². The van der Waals surface area contributed by atoms with Crippen LogP contribution in [-0.4, -0.2) is 41.0 Å². The Hall–Kier alpha value is -3.73. The number of anilines is 1. The minimum absolute atomic E-state index is 0.0940. The summed E-state index contributed by atoms with van der Waals surface area (Å²) in [6.45, 7) is -0.902. The molecular formula is C20H15F2N3O5S. The number of carbonyl (C=O) groups is 4. The first-order valence-corrected chi connectivity index (χ1v) is 9.56. The number of thioether (sulfide) groups is 1. The lowest BCUT2D eigenvalue weighted by molar-refractivity contribution is -0.127. The molecule has 0 saturated carbocycles. The van der Waals surface area contributed by atoms with E-state index >= 15 is 0 Å². The van der Waals surface area contributed by atoms with Crippen molar-refractivity contribution in [2.75, 3.05) is 18.5 Å². The monoisotopic (exact) mass is 447 g/mol. The van der Waals surface area contributed by atoms with Gasteiger partial charge in [-0.3, -0.25) is 24.1 Å². The van der Waals surface area contributed by atoms with Crippen molar-refractivity contribution in [1.82, 2.24) is 4.90 Å². The number of hydrogen-bond acceptors (Lipinski definition) is 6. The van der Waals surface area contributed by atoms with E-state index in [0.29, 0.717) is 29.1 Å². The number of halogens is 2. The second-order valence-corrected chi connectivity index (χ2v) is 7.26. The first-order chi connectivity index (χ1) is 14.7. The normalized spacial score (nSPS) is 14.8. The van der Waals surface area contributed by atoms with Gasteiger partial charge in [-0.1, -0.05) is 12.1 Å². The second-order valence-electron chi connectivity index (χ2n) is 6.26. The Balaban J connectivity index is 1.64. The Kier molecular flexibility index (Phi) is 6.65. The van der Waals surface area contributed by atoms with E-state index in [4.69, 9.17) is 10.5 Å². The Morgan fingerprint density at radius 3 is 2.48 bits per heavy atom.